The Morgan fingerprint density at radius 1 is 1.29 bits per heavy atom. The summed E-state index contributed by atoms with van der Waals surface area (Å²) >= 11 is 0. The maximum Gasteiger partial charge on any atom is 0.0462 e. The van der Waals surface area contributed by atoms with Crippen LogP contribution < -0.4 is 5.32 Å². The summed E-state index contributed by atoms with van der Waals surface area (Å²) < 4.78 is 5.17. The standard InChI is InChI=1S/C15H31NO/c1-4-13-8-6-9-14(12-13)15(16-5-2)10-7-11-17-3/h13-16H,4-12H2,1-3H3. The zero-order chi connectivity index (χ0) is 12.5. The number of hydrogen-bond donors (Lipinski definition) is 1. The highest BCUT2D eigenvalue weighted by molar-refractivity contribution is 4.82. The average molecular weight is 241 g/mol. The molecule has 3 atom stereocenters. The highest BCUT2D eigenvalue weighted by atomic mass is 16.5. The number of rotatable bonds is 8. The van der Waals surface area contributed by atoms with Gasteiger partial charge in [0.2, 0.25) is 0 Å². The van der Waals surface area contributed by atoms with Crippen LogP contribution in [0.2, 0.25) is 0 Å². The quantitative estimate of drug-likeness (QED) is 0.656. The van der Waals surface area contributed by atoms with E-state index in [1.807, 2.05) is 0 Å². The summed E-state index contributed by atoms with van der Waals surface area (Å²) in [6, 6.07) is 0.726. The molecule has 1 aliphatic rings. The first-order chi connectivity index (χ1) is 8.31. The molecule has 0 aromatic rings. The summed E-state index contributed by atoms with van der Waals surface area (Å²) in [6.45, 7) is 6.58. The van der Waals surface area contributed by atoms with Crippen LogP contribution in [-0.2, 0) is 4.74 Å². The first-order valence-electron chi connectivity index (χ1n) is 7.54. The van der Waals surface area contributed by atoms with Gasteiger partial charge in [-0.25, -0.2) is 0 Å². The molecule has 0 amide bonds. The minimum absolute atomic E-state index is 0.726. The second kappa shape index (κ2) is 8.93. The van der Waals surface area contributed by atoms with Crippen molar-refractivity contribution in [3.8, 4) is 0 Å². The van der Waals surface area contributed by atoms with Gasteiger partial charge < -0.3 is 10.1 Å². The first-order valence-corrected chi connectivity index (χ1v) is 7.54. The molecule has 102 valence electrons. The molecule has 1 saturated carbocycles. The lowest BCUT2D eigenvalue weighted by Gasteiger charge is -2.35. The van der Waals surface area contributed by atoms with Gasteiger partial charge in [0.25, 0.3) is 0 Å². The predicted molar refractivity (Wildman–Crippen MR) is 74.3 cm³/mol. The Hall–Kier alpha value is -0.0800. The van der Waals surface area contributed by atoms with Crippen molar-refractivity contribution in [3.05, 3.63) is 0 Å². The van der Waals surface area contributed by atoms with Gasteiger partial charge in [0, 0.05) is 19.8 Å². The van der Waals surface area contributed by atoms with E-state index in [0.29, 0.717) is 0 Å². The van der Waals surface area contributed by atoms with Gasteiger partial charge in [-0.15, -0.1) is 0 Å². The summed E-state index contributed by atoms with van der Waals surface area (Å²) in [5.41, 5.74) is 0. The molecule has 1 fully saturated rings. The molecule has 0 spiro atoms. The Balaban J connectivity index is 2.38. The van der Waals surface area contributed by atoms with Crippen molar-refractivity contribution < 1.29 is 4.74 Å². The van der Waals surface area contributed by atoms with Crippen molar-refractivity contribution in [2.45, 2.75) is 64.8 Å². The third kappa shape index (κ3) is 5.39. The molecular weight excluding hydrogens is 210 g/mol. The fraction of sp³-hybridized carbons (Fsp3) is 1.00. The van der Waals surface area contributed by atoms with E-state index in [1.54, 1.807) is 7.11 Å². The van der Waals surface area contributed by atoms with E-state index in [0.717, 1.165) is 31.0 Å². The van der Waals surface area contributed by atoms with E-state index in [2.05, 4.69) is 19.2 Å². The second-order valence-corrected chi connectivity index (χ2v) is 5.50. The van der Waals surface area contributed by atoms with Crippen molar-refractivity contribution in [3.63, 3.8) is 0 Å². The SMILES string of the molecule is CCNC(CCCOC)C1CCCC(CC)C1. The molecule has 2 nitrogen and oxygen atoms in total. The summed E-state index contributed by atoms with van der Waals surface area (Å²) in [6.07, 6.45) is 9.62. The van der Waals surface area contributed by atoms with Crippen molar-refractivity contribution in [2.24, 2.45) is 11.8 Å². The maximum atomic E-state index is 5.17. The molecule has 3 unspecified atom stereocenters. The van der Waals surface area contributed by atoms with Crippen molar-refractivity contribution in [1.29, 1.82) is 0 Å². The van der Waals surface area contributed by atoms with Crippen LogP contribution in [0.1, 0.15) is 58.8 Å². The molecule has 0 aromatic heterocycles. The third-order valence-corrected chi connectivity index (χ3v) is 4.30. The van der Waals surface area contributed by atoms with Crippen molar-refractivity contribution >= 4 is 0 Å². The van der Waals surface area contributed by atoms with Gasteiger partial charge in [-0.1, -0.05) is 33.1 Å². The van der Waals surface area contributed by atoms with Gasteiger partial charge in [0.1, 0.15) is 0 Å². The molecule has 0 bridgehead atoms. The third-order valence-electron chi connectivity index (χ3n) is 4.30. The molecule has 1 N–H and O–H groups in total. The highest BCUT2D eigenvalue weighted by Crippen LogP contribution is 2.34. The second-order valence-electron chi connectivity index (χ2n) is 5.50. The van der Waals surface area contributed by atoms with E-state index in [1.165, 1.54) is 44.9 Å². The largest absolute Gasteiger partial charge is 0.385 e. The smallest absolute Gasteiger partial charge is 0.0462 e. The molecular formula is C15H31NO. The lowest BCUT2D eigenvalue weighted by Crippen LogP contribution is -2.38. The Morgan fingerprint density at radius 3 is 2.76 bits per heavy atom. The van der Waals surface area contributed by atoms with Crippen LogP contribution in [0.3, 0.4) is 0 Å². The molecule has 0 radical (unpaired) electrons. The van der Waals surface area contributed by atoms with Crippen LogP contribution in [-0.4, -0.2) is 26.3 Å². The molecule has 1 aliphatic carbocycles. The summed E-state index contributed by atoms with van der Waals surface area (Å²) in [5.74, 6) is 1.89. The van der Waals surface area contributed by atoms with Gasteiger partial charge in [-0.2, -0.15) is 0 Å². The molecule has 17 heavy (non-hydrogen) atoms. The van der Waals surface area contributed by atoms with E-state index >= 15 is 0 Å². The lowest BCUT2D eigenvalue weighted by molar-refractivity contribution is 0.167. The molecule has 0 heterocycles. The van der Waals surface area contributed by atoms with E-state index in [-0.39, 0.29) is 0 Å². The number of methoxy groups -OCH3 is 1. The Bertz CT molecular complexity index is 184. The molecule has 2 heteroatoms. The summed E-state index contributed by atoms with van der Waals surface area (Å²) in [4.78, 5) is 0. The topological polar surface area (TPSA) is 21.3 Å². The van der Waals surface area contributed by atoms with Crippen LogP contribution in [0.4, 0.5) is 0 Å². The van der Waals surface area contributed by atoms with Crippen LogP contribution in [0.15, 0.2) is 0 Å². The lowest BCUT2D eigenvalue weighted by atomic mass is 9.76. The van der Waals surface area contributed by atoms with Crippen LogP contribution in [0.5, 0.6) is 0 Å². The number of hydrogen-bond acceptors (Lipinski definition) is 2. The van der Waals surface area contributed by atoms with Gasteiger partial charge in [0.15, 0.2) is 0 Å². The van der Waals surface area contributed by atoms with E-state index in [4.69, 9.17) is 4.74 Å². The molecule has 0 aromatic carbocycles. The summed E-state index contributed by atoms with van der Waals surface area (Å²) in [5, 5.41) is 3.70. The first kappa shape index (κ1) is 15.0. The van der Waals surface area contributed by atoms with Crippen LogP contribution in [0, 0.1) is 11.8 Å². The zero-order valence-corrected chi connectivity index (χ0v) is 12.0. The fourth-order valence-electron chi connectivity index (χ4n) is 3.28. The van der Waals surface area contributed by atoms with Gasteiger partial charge in [-0.3, -0.25) is 0 Å². The van der Waals surface area contributed by atoms with Gasteiger partial charge in [-0.05, 0) is 44.1 Å². The van der Waals surface area contributed by atoms with Gasteiger partial charge in [0.05, 0.1) is 0 Å². The maximum absolute atomic E-state index is 5.17. The Morgan fingerprint density at radius 2 is 2.12 bits per heavy atom. The fourth-order valence-corrected chi connectivity index (χ4v) is 3.28. The molecule has 1 rings (SSSR count). The van der Waals surface area contributed by atoms with E-state index < -0.39 is 0 Å². The normalized spacial score (nSPS) is 27.0. The van der Waals surface area contributed by atoms with Gasteiger partial charge >= 0.3 is 0 Å². The van der Waals surface area contributed by atoms with Crippen LogP contribution >= 0.6 is 0 Å². The molecule has 0 aliphatic heterocycles. The van der Waals surface area contributed by atoms with Crippen LogP contribution in [0.25, 0.3) is 0 Å². The highest BCUT2D eigenvalue weighted by Gasteiger charge is 2.26. The molecule has 0 saturated heterocycles. The minimum Gasteiger partial charge on any atom is -0.385 e. The number of nitrogens with one attached hydrogen (secondary N) is 1. The zero-order valence-electron chi connectivity index (χ0n) is 12.0. The van der Waals surface area contributed by atoms with Crippen molar-refractivity contribution in [2.75, 3.05) is 20.3 Å². The number of ether oxygens (including phenoxy) is 1. The Kier molecular flexibility index (Phi) is 7.87. The van der Waals surface area contributed by atoms with Crippen molar-refractivity contribution in [1.82, 2.24) is 5.32 Å². The Labute approximate surface area is 108 Å². The predicted octanol–water partition coefficient (Wildman–Crippen LogP) is 3.61. The summed E-state index contributed by atoms with van der Waals surface area (Å²) in [7, 11) is 1.80. The average Bonchev–Trinajstić information content (AvgIpc) is 2.38. The van der Waals surface area contributed by atoms with E-state index in [9.17, 15) is 0 Å². The monoisotopic (exact) mass is 241 g/mol. The minimum atomic E-state index is 0.726.